The van der Waals surface area contributed by atoms with Crippen LogP contribution in [0.25, 0.3) is 0 Å². The Hall–Kier alpha value is -0.0800. The summed E-state index contributed by atoms with van der Waals surface area (Å²) in [5.74, 6) is 3.64. The number of likely N-dealkylation sites (tertiary alicyclic amines) is 1. The molecule has 1 heterocycles. The first-order valence-corrected chi connectivity index (χ1v) is 9.48. The van der Waals surface area contributed by atoms with E-state index >= 15 is 0 Å². The lowest BCUT2D eigenvalue weighted by Gasteiger charge is -2.59. The van der Waals surface area contributed by atoms with E-state index in [-0.39, 0.29) is 6.10 Å². The molecule has 4 saturated carbocycles. The molecule has 0 aromatic carbocycles. The van der Waals surface area contributed by atoms with E-state index in [1.165, 1.54) is 57.9 Å². The number of nitrogens with zero attached hydrogens (tertiary/aromatic N) is 1. The van der Waals surface area contributed by atoms with Gasteiger partial charge in [0.25, 0.3) is 0 Å². The van der Waals surface area contributed by atoms with Crippen LogP contribution in [0.15, 0.2) is 0 Å². The van der Waals surface area contributed by atoms with E-state index in [0.717, 1.165) is 30.2 Å². The second-order valence-corrected chi connectivity index (χ2v) is 9.15. The highest BCUT2D eigenvalue weighted by Crippen LogP contribution is 2.61. The van der Waals surface area contributed by atoms with Gasteiger partial charge in [-0.1, -0.05) is 6.92 Å². The van der Waals surface area contributed by atoms with Crippen LogP contribution in [0, 0.1) is 29.1 Å². The molecule has 2 heteroatoms. The predicted octanol–water partition coefficient (Wildman–Crippen LogP) is 3.68. The third-order valence-corrected chi connectivity index (χ3v) is 7.70. The summed E-state index contributed by atoms with van der Waals surface area (Å²) in [5, 5.41) is 11.1. The van der Waals surface area contributed by atoms with Gasteiger partial charge in [0.05, 0.1) is 6.10 Å². The number of rotatable bonds is 3. The Balaban J connectivity index is 1.46. The Kier molecular flexibility index (Phi) is 3.61. The second-order valence-electron chi connectivity index (χ2n) is 9.15. The number of β-amino-alcohol motifs (C(OH)–C–C–N with tert-alkyl or cyclic N) is 1. The van der Waals surface area contributed by atoms with Crippen LogP contribution in [0.2, 0.25) is 0 Å². The Morgan fingerprint density at radius 3 is 2.19 bits per heavy atom. The van der Waals surface area contributed by atoms with Crippen LogP contribution in [0.3, 0.4) is 0 Å². The molecule has 3 atom stereocenters. The zero-order chi connectivity index (χ0) is 14.6. The molecule has 0 aromatic rings. The van der Waals surface area contributed by atoms with Crippen LogP contribution in [0.4, 0.5) is 0 Å². The summed E-state index contributed by atoms with van der Waals surface area (Å²) >= 11 is 0. The van der Waals surface area contributed by atoms with Crippen molar-refractivity contribution in [3.05, 3.63) is 0 Å². The number of hydrogen-bond donors (Lipinski definition) is 1. The fourth-order valence-electron chi connectivity index (χ4n) is 6.68. The largest absolute Gasteiger partial charge is 0.391 e. The molecule has 4 aliphatic carbocycles. The Morgan fingerprint density at radius 2 is 1.62 bits per heavy atom. The van der Waals surface area contributed by atoms with Crippen molar-refractivity contribution in [3.8, 4) is 0 Å². The van der Waals surface area contributed by atoms with Gasteiger partial charge in [-0.15, -0.1) is 0 Å². The van der Waals surface area contributed by atoms with Crippen molar-refractivity contribution in [3.63, 3.8) is 0 Å². The SMILES string of the molecule is CC1CCCN(CC(O)C23CC4CC(CC(C4)C2)C3)C1C. The van der Waals surface area contributed by atoms with Crippen molar-refractivity contribution in [1.29, 1.82) is 0 Å². The van der Waals surface area contributed by atoms with Crippen LogP contribution in [0.5, 0.6) is 0 Å². The topological polar surface area (TPSA) is 23.5 Å². The summed E-state index contributed by atoms with van der Waals surface area (Å²) in [6, 6.07) is 0.655. The molecule has 5 aliphatic rings. The summed E-state index contributed by atoms with van der Waals surface area (Å²) in [6.45, 7) is 6.90. The average Bonchev–Trinajstić information content (AvgIpc) is 2.42. The van der Waals surface area contributed by atoms with Gasteiger partial charge in [0, 0.05) is 12.6 Å². The minimum absolute atomic E-state index is 0.0707. The van der Waals surface area contributed by atoms with Gasteiger partial charge < -0.3 is 5.11 Å². The lowest BCUT2D eigenvalue weighted by Crippen LogP contribution is -2.56. The van der Waals surface area contributed by atoms with E-state index < -0.39 is 0 Å². The fourth-order valence-corrected chi connectivity index (χ4v) is 6.68. The standard InChI is InChI=1S/C19H33NO/c1-13-4-3-5-20(14(13)2)12-18(21)19-9-15-6-16(10-19)8-17(7-15)11-19/h13-18,21H,3-12H2,1-2H3. The molecule has 5 fully saturated rings. The molecule has 1 saturated heterocycles. The molecule has 2 nitrogen and oxygen atoms in total. The molecule has 1 aliphatic heterocycles. The van der Waals surface area contributed by atoms with Crippen molar-refractivity contribution >= 4 is 0 Å². The molecule has 5 rings (SSSR count). The molecule has 0 spiro atoms. The average molecular weight is 291 g/mol. The van der Waals surface area contributed by atoms with E-state index in [1.54, 1.807) is 0 Å². The molecule has 4 bridgehead atoms. The quantitative estimate of drug-likeness (QED) is 0.857. The Labute approximate surface area is 130 Å². The molecule has 3 unspecified atom stereocenters. The normalized spacial score (nSPS) is 51.3. The lowest BCUT2D eigenvalue weighted by atomic mass is 9.48. The number of aliphatic hydroxyl groups excluding tert-OH is 1. The minimum atomic E-state index is -0.0707. The lowest BCUT2D eigenvalue weighted by molar-refractivity contribution is -0.131. The van der Waals surface area contributed by atoms with Crippen molar-refractivity contribution < 1.29 is 5.11 Å². The summed E-state index contributed by atoms with van der Waals surface area (Å²) in [7, 11) is 0. The fraction of sp³-hybridized carbons (Fsp3) is 1.00. The first kappa shape index (κ1) is 14.5. The van der Waals surface area contributed by atoms with E-state index in [4.69, 9.17) is 0 Å². The maximum absolute atomic E-state index is 11.1. The minimum Gasteiger partial charge on any atom is -0.391 e. The smallest absolute Gasteiger partial charge is 0.0723 e. The van der Waals surface area contributed by atoms with Gasteiger partial charge in [-0.2, -0.15) is 0 Å². The predicted molar refractivity (Wildman–Crippen MR) is 86.0 cm³/mol. The van der Waals surface area contributed by atoms with Crippen LogP contribution in [0.1, 0.15) is 65.2 Å². The monoisotopic (exact) mass is 291 g/mol. The summed E-state index contributed by atoms with van der Waals surface area (Å²) in [6.07, 6.45) is 11.0. The molecule has 21 heavy (non-hydrogen) atoms. The molecular weight excluding hydrogens is 258 g/mol. The zero-order valence-electron chi connectivity index (χ0n) is 13.9. The van der Waals surface area contributed by atoms with E-state index in [0.29, 0.717) is 11.5 Å². The first-order chi connectivity index (χ1) is 10.1. The summed E-state index contributed by atoms with van der Waals surface area (Å²) < 4.78 is 0. The Morgan fingerprint density at radius 1 is 1.05 bits per heavy atom. The van der Waals surface area contributed by atoms with Crippen molar-refractivity contribution in [2.45, 2.75) is 77.4 Å². The maximum Gasteiger partial charge on any atom is 0.0723 e. The van der Waals surface area contributed by atoms with Crippen LogP contribution in [-0.2, 0) is 0 Å². The van der Waals surface area contributed by atoms with Gasteiger partial charge in [0.1, 0.15) is 0 Å². The van der Waals surface area contributed by atoms with E-state index in [2.05, 4.69) is 18.7 Å². The maximum atomic E-state index is 11.1. The van der Waals surface area contributed by atoms with Gasteiger partial charge in [-0.25, -0.2) is 0 Å². The van der Waals surface area contributed by atoms with Gasteiger partial charge in [0.15, 0.2) is 0 Å². The molecule has 120 valence electrons. The van der Waals surface area contributed by atoms with Crippen LogP contribution >= 0.6 is 0 Å². The molecule has 1 N–H and O–H groups in total. The third-order valence-electron chi connectivity index (χ3n) is 7.70. The second kappa shape index (κ2) is 5.23. The van der Waals surface area contributed by atoms with Gasteiger partial charge >= 0.3 is 0 Å². The highest BCUT2D eigenvalue weighted by molar-refractivity contribution is 5.05. The van der Waals surface area contributed by atoms with Gasteiger partial charge in [0.2, 0.25) is 0 Å². The first-order valence-electron chi connectivity index (χ1n) is 9.48. The number of hydrogen-bond acceptors (Lipinski definition) is 2. The highest BCUT2D eigenvalue weighted by Gasteiger charge is 2.54. The van der Waals surface area contributed by atoms with Gasteiger partial charge in [-0.3, -0.25) is 4.90 Å². The van der Waals surface area contributed by atoms with E-state index in [1.807, 2.05) is 0 Å². The van der Waals surface area contributed by atoms with E-state index in [9.17, 15) is 5.11 Å². The summed E-state index contributed by atoms with van der Waals surface area (Å²) in [4.78, 5) is 2.59. The third kappa shape index (κ3) is 2.47. The molecule has 0 radical (unpaired) electrons. The molecular formula is C19H33NO. The van der Waals surface area contributed by atoms with Crippen LogP contribution in [-0.4, -0.2) is 35.2 Å². The Bertz CT molecular complexity index is 358. The van der Waals surface area contributed by atoms with Gasteiger partial charge in [-0.05, 0) is 93.9 Å². The van der Waals surface area contributed by atoms with Crippen LogP contribution < -0.4 is 0 Å². The summed E-state index contributed by atoms with van der Waals surface area (Å²) in [5.41, 5.74) is 0.301. The van der Waals surface area contributed by atoms with Crippen molar-refractivity contribution in [1.82, 2.24) is 4.90 Å². The van der Waals surface area contributed by atoms with Crippen molar-refractivity contribution in [2.24, 2.45) is 29.1 Å². The number of aliphatic hydroxyl groups is 1. The van der Waals surface area contributed by atoms with Crippen molar-refractivity contribution in [2.75, 3.05) is 13.1 Å². The zero-order valence-corrected chi connectivity index (χ0v) is 13.9. The molecule has 0 aromatic heterocycles. The molecule has 0 amide bonds. The number of piperidine rings is 1. The highest BCUT2D eigenvalue weighted by atomic mass is 16.3.